The Kier molecular flexibility index (Phi) is 14.8. The Hall–Kier alpha value is -1.18. The van der Waals surface area contributed by atoms with Crippen LogP contribution < -0.4 is 4.74 Å². The minimum absolute atomic E-state index is 0.119. The van der Waals surface area contributed by atoms with Gasteiger partial charge in [-0.25, -0.2) is 0 Å². The summed E-state index contributed by atoms with van der Waals surface area (Å²) in [5.74, 6) is 0.562. The van der Waals surface area contributed by atoms with Crippen LogP contribution in [-0.2, 0) is 4.74 Å². The van der Waals surface area contributed by atoms with E-state index in [1.807, 2.05) is 6.07 Å². The molecule has 1 aliphatic heterocycles. The first-order valence-electron chi connectivity index (χ1n) is 13.5. The molecule has 0 saturated carbocycles. The zero-order valence-electron chi connectivity index (χ0n) is 21.0. The van der Waals surface area contributed by atoms with Crippen LogP contribution in [0, 0.1) is 6.10 Å². The van der Waals surface area contributed by atoms with Crippen molar-refractivity contribution in [3.05, 3.63) is 35.9 Å². The van der Waals surface area contributed by atoms with Crippen LogP contribution >= 0.6 is 0 Å². The van der Waals surface area contributed by atoms with E-state index >= 15 is 0 Å². The number of para-hydroxylation sites is 1. The van der Waals surface area contributed by atoms with Gasteiger partial charge in [0, 0.05) is 5.56 Å². The van der Waals surface area contributed by atoms with E-state index in [-0.39, 0.29) is 6.10 Å². The largest absolute Gasteiger partial charge is 0.493 e. The van der Waals surface area contributed by atoms with Gasteiger partial charge in [0.1, 0.15) is 30.2 Å². The van der Waals surface area contributed by atoms with E-state index in [4.69, 9.17) is 9.47 Å². The third kappa shape index (κ3) is 9.82. The Morgan fingerprint density at radius 3 is 1.82 bits per heavy atom. The zero-order chi connectivity index (χ0) is 24.6. The molecule has 1 radical (unpaired) electrons. The molecule has 1 heterocycles. The molecule has 4 N–H and O–H groups in total. The Bertz CT molecular complexity index is 637. The number of rotatable bonds is 18. The van der Waals surface area contributed by atoms with E-state index in [0.29, 0.717) is 17.9 Å². The minimum atomic E-state index is -1.43. The lowest BCUT2D eigenvalue weighted by Crippen LogP contribution is -2.55. The highest BCUT2D eigenvalue weighted by Gasteiger charge is 2.45. The van der Waals surface area contributed by atoms with Gasteiger partial charge in [0.15, 0.2) is 6.10 Å². The van der Waals surface area contributed by atoms with E-state index in [2.05, 4.69) is 6.92 Å². The lowest BCUT2D eigenvalue weighted by molar-refractivity contribution is -0.184. The van der Waals surface area contributed by atoms with Gasteiger partial charge >= 0.3 is 0 Å². The first kappa shape index (κ1) is 29.1. The second-order valence-corrected chi connectivity index (χ2v) is 9.57. The lowest BCUT2D eigenvalue weighted by Gasteiger charge is -2.39. The normalized spacial score (nSPS) is 23.3. The van der Waals surface area contributed by atoms with Gasteiger partial charge < -0.3 is 29.9 Å². The molecule has 34 heavy (non-hydrogen) atoms. The van der Waals surface area contributed by atoms with Gasteiger partial charge in [0.05, 0.1) is 13.2 Å². The van der Waals surface area contributed by atoms with Gasteiger partial charge in [-0.2, -0.15) is 0 Å². The van der Waals surface area contributed by atoms with Crippen molar-refractivity contribution in [3.63, 3.8) is 0 Å². The van der Waals surface area contributed by atoms with E-state index in [1.165, 1.54) is 77.0 Å². The van der Waals surface area contributed by atoms with Crippen LogP contribution in [0.25, 0.3) is 0 Å². The van der Waals surface area contributed by atoms with E-state index in [1.54, 1.807) is 18.2 Å². The topological polar surface area (TPSA) is 99.4 Å². The van der Waals surface area contributed by atoms with Crippen molar-refractivity contribution in [2.24, 2.45) is 0 Å². The summed E-state index contributed by atoms with van der Waals surface area (Å²) in [5, 5.41) is 39.9. The monoisotopic (exact) mass is 479 g/mol. The molecule has 1 aliphatic rings. The quantitative estimate of drug-likeness (QED) is 0.224. The average molecular weight is 480 g/mol. The SMILES string of the molecule is CCCCCCCCCCCCCCCCOc1ccccc1[C]1O[C@H](CO)[C@@H](O)[C@H](O)[C@@H]1O. The summed E-state index contributed by atoms with van der Waals surface area (Å²) in [6.45, 7) is 2.36. The predicted molar refractivity (Wildman–Crippen MR) is 135 cm³/mol. The standard InChI is InChI=1S/C28H47O6/c1-2-3-4-5-6-7-8-9-10-11-12-13-14-17-20-33-23-19-16-15-18-22(23)28-27(32)26(31)25(30)24(21-29)34-28/h15-16,18-19,24-27,29-32H,2-14,17,20-21H2,1H3/t24-,25-,26+,27+/m1/s1. The third-order valence-corrected chi connectivity index (χ3v) is 6.69. The molecular formula is C28H47O6. The minimum Gasteiger partial charge on any atom is -0.493 e. The van der Waals surface area contributed by atoms with Crippen molar-refractivity contribution in [1.82, 2.24) is 0 Å². The summed E-state index contributed by atoms with van der Waals surface area (Å²) < 4.78 is 11.6. The molecule has 0 aliphatic carbocycles. The number of benzene rings is 1. The fourth-order valence-electron chi connectivity index (χ4n) is 4.51. The van der Waals surface area contributed by atoms with Gasteiger partial charge in [-0.1, -0.05) is 109 Å². The first-order chi connectivity index (χ1) is 16.6. The van der Waals surface area contributed by atoms with Crippen molar-refractivity contribution in [2.45, 2.75) is 121 Å². The first-order valence-corrected chi connectivity index (χ1v) is 13.5. The maximum Gasteiger partial charge on any atom is 0.161 e. The zero-order valence-corrected chi connectivity index (χ0v) is 21.0. The summed E-state index contributed by atoms with van der Waals surface area (Å²) in [6.07, 6.45) is 13.2. The van der Waals surface area contributed by atoms with Gasteiger partial charge in [-0.3, -0.25) is 0 Å². The van der Waals surface area contributed by atoms with Gasteiger partial charge in [-0.15, -0.1) is 0 Å². The van der Waals surface area contributed by atoms with Crippen LogP contribution in [0.2, 0.25) is 0 Å². The lowest BCUT2D eigenvalue weighted by atomic mass is 9.91. The molecule has 6 nitrogen and oxygen atoms in total. The summed E-state index contributed by atoms with van der Waals surface area (Å²) in [6, 6.07) is 7.18. The van der Waals surface area contributed by atoms with Crippen LogP contribution in [0.5, 0.6) is 5.75 Å². The Morgan fingerprint density at radius 1 is 0.735 bits per heavy atom. The fourth-order valence-corrected chi connectivity index (χ4v) is 4.51. The molecule has 0 spiro atoms. The molecule has 4 atom stereocenters. The van der Waals surface area contributed by atoms with Crippen LogP contribution in [0.3, 0.4) is 0 Å². The third-order valence-electron chi connectivity index (χ3n) is 6.69. The van der Waals surface area contributed by atoms with Crippen molar-refractivity contribution in [1.29, 1.82) is 0 Å². The Balaban J connectivity index is 1.59. The van der Waals surface area contributed by atoms with E-state index in [9.17, 15) is 20.4 Å². The number of ether oxygens (including phenoxy) is 2. The van der Waals surface area contributed by atoms with E-state index < -0.39 is 31.0 Å². The van der Waals surface area contributed by atoms with Crippen LogP contribution in [0.1, 0.15) is 102 Å². The van der Waals surface area contributed by atoms with Crippen molar-refractivity contribution >= 4 is 0 Å². The molecule has 2 rings (SSSR count). The molecule has 0 unspecified atom stereocenters. The molecule has 1 saturated heterocycles. The van der Waals surface area contributed by atoms with Gasteiger partial charge in [0.2, 0.25) is 0 Å². The van der Waals surface area contributed by atoms with Gasteiger partial charge in [-0.05, 0) is 12.5 Å². The highest BCUT2D eigenvalue weighted by atomic mass is 16.5. The molecule has 6 heteroatoms. The summed E-state index contributed by atoms with van der Waals surface area (Å²) in [7, 11) is 0. The molecule has 195 valence electrons. The number of aliphatic hydroxyl groups is 4. The molecule has 1 aromatic carbocycles. The number of hydrogen-bond acceptors (Lipinski definition) is 6. The van der Waals surface area contributed by atoms with Gasteiger partial charge in [0.25, 0.3) is 0 Å². The highest BCUT2D eigenvalue weighted by Crippen LogP contribution is 2.36. The molecular weight excluding hydrogens is 432 g/mol. The maximum absolute atomic E-state index is 10.4. The van der Waals surface area contributed by atoms with E-state index in [0.717, 1.165) is 12.8 Å². The molecule has 0 aromatic heterocycles. The van der Waals surface area contributed by atoms with Crippen molar-refractivity contribution in [3.8, 4) is 5.75 Å². The molecule has 0 bridgehead atoms. The van der Waals surface area contributed by atoms with Crippen molar-refractivity contribution < 1.29 is 29.9 Å². The average Bonchev–Trinajstić information content (AvgIpc) is 2.85. The molecule has 1 aromatic rings. The Labute approximate surface area is 206 Å². The molecule has 1 fully saturated rings. The summed E-state index contributed by atoms with van der Waals surface area (Å²) in [4.78, 5) is 0. The summed E-state index contributed by atoms with van der Waals surface area (Å²) >= 11 is 0. The van der Waals surface area contributed by atoms with Crippen molar-refractivity contribution in [2.75, 3.05) is 13.2 Å². The number of unbranched alkanes of at least 4 members (excludes halogenated alkanes) is 13. The van der Waals surface area contributed by atoms with Crippen LogP contribution in [0.4, 0.5) is 0 Å². The maximum atomic E-state index is 10.4. The second kappa shape index (κ2) is 17.3. The predicted octanol–water partition coefficient (Wildman–Crippen LogP) is 4.90. The number of hydrogen-bond donors (Lipinski definition) is 4. The number of aliphatic hydroxyl groups excluding tert-OH is 4. The molecule has 0 amide bonds. The highest BCUT2D eigenvalue weighted by molar-refractivity contribution is 5.43. The van der Waals surface area contributed by atoms with Crippen LogP contribution in [0.15, 0.2) is 24.3 Å². The summed E-state index contributed by atoms with van der Waals surface area (Å²) in [5.41, 5.74) is 0.532. The fraction of sp³-hybridized carbons (Fsp3) is 0.750. The smallest absolute Gasteiger partial charge is 0.161 e. The van der Waals surface area contributed by atoms with Crippen LogP contribution in [-0.4, -0.2) is 58.1 Å². The Morgan fingerprint density at radius 2 is 1.26 bits per heavy atom. The second-order valence-electron chi connectivity index (χ2n) is 9.57.